The van der Waals surface area contributed by atoms with Gasteiger partial charge >= 0.3 is 0 Å². The zero-order valence-corrected chi connectivity index (χ0v) is 8.03. The van der Waals surface area contributed by atoms with Gasteiger partial charge in [0, 0.05) is 18.5 Å². The van der Waals surface area contributed by atoms with Crippen LogP contribution in [-0.4, -0.2) is 18.5 Å². The first-order valence-corrected chi connectivity index (χ1v) is 4.97. The quantitative estimate of drug-likeness (QED) is 0.461. The summed E-state index contributed by atoms with van der Waals surface area (Å²) < 4.78 is 5.09. The monoisotopic (exact) mass is 207 g/mol. The van der Waals surface area contributed by atoms with Crippen LogP contribution in [0.15, 0.2) is 0 Å². The van der Waals surface area contributed by atoms with Gasteiger partial charge in [-0.3, -0.25) is 0 Å². The molecular weight excluding hydrogens is 192 g/mol. The SMILES string of the molecule is [CH2]COCCCCCCBr. The summed E-state index contributed by atoms with van der Waals surface area (Å²) in [5.41, 5.74) is 0. The molecule has 2 heteroatoms. The molecule has 0 aromatic carbocycles. The minimum Gasteiger partial charge on any atom is -0.381 e. The Labute approximate surface area is 72.3 Å². The number of hydrogen-bond acceptors (Lipinski definition) is 1. The molecule has 0 heterocycles. The van der Waals surface area contributed by atoms with E-state index in [1.54, 1.807) is 0 Å². The molecule has 0 atom stereocenters. The first kappa shape index (κ1) is 10.4. The van der Waals surface area contributed by atoms with Crippen molar-refractivity contribution in [2.45, 2.75) is 25.7 Å². The number of halogens is 1. The first-order chi connectivity index (χ1) is 4.91. The fourth-order valence-corrected chi connectivity index (χ4v) is 1.15. The number of ether oxygens (including phenoxy) is 1. The molecular formula is C8H16BrO. The van der Waals surface area contributed by atoms with Crippen LogP contribution in [0.2, 0.25) is 0 Å². The molecule has 0 aromatic heterocycles. The minimum absolute atomic E-state index is 0.610. The summed E-state index contributed by atoms with van der Waals surface area (Å²) in [5.74, 6) is 0. The molecule has 0 saturated heterocycles. The molecule has 0 rings (SSSR count). The van der Waals surface area contributed by atoms with Gasteiger partial charge in [-0.05, 0) is 19.8 Å². The Bertz CT molecular complexity index is 49.2. The second-order valence-electron chi connectivity index (χ2n) is 2.22. The Morgan fingerprint density at radius 3 is 2.40 bits per heavy atom. The maximum Gasteiger partial charge on any atom is 0.0466 e. The summed E-state index contributed by atoms with van der Waals surface area (Å²) in [4.78, 5) is 0. The maximum absolute atomic E-state index is 5.09. The Morgan fingerprint density at radius 1 is 1.10 bits per heavy atom. The highest BCUT2D eigenvalue weighted by atomic mass is 79.9. The van der Waals surface area contributed by atoms with Crippen molar-refractivity contribution >= 4 is 15.9 Å². The highest BCUT2D eigenvalue weighted by Gasteiger charge is 1.87. The molecule has 0 aromatic rings. The van der Waals surface area contributed by atoms with Gasteiger partial charge in [0.25, 0.3) is 0 Å². The van der Waals surface area contributed by atoms with Crippen LogP contribution in [0.5, 0.6) is 0 Å². The summed E-state index contributed by atoms with van der Waals surface area (Å²) in [7, 11) is 0. The average molecular weight is 208 g/mol. The lowest BCUT2D eigenvalue weighted by Gasteiger charge is -1.99. The van der Waals surface area contributed by atoms with Gasteiger partial charge in [-0.25, -0.2) is 0 Å². The van der Waals surface area contributed by atoms with Crippen molar-refractivity contribution in [3.63, 3.8) is 0 Å². The van der Waals surface area contributed by atoms with Crippen molar-refractivity contribution in [2.75, 3.05) is 18.5 Å². The third-order valence-electron chi connectivity index (χ3n) is 1.32. The molecule has 0 spiro atoms. The molecule has 0 aliphatic carbocycles. The van der Waals surface area contributed by atoms with Crippen molar-refractivity contribution < 1.29 is 4.74 Å². The molecule has 1 radical (unpaired) electrons. The zero-order valence-electron chi connectivity index (χ0n) is 6.44. The van der Waals surface area contributed by atoms with E-state index in [9.17, 15) is 0 Å². The van der Waals surface area contributed by atoms with E-state index in [0.717, 1.165) is 11.9 Å². The number of rotatable bonds is 7. The van der Waals surface area contributed by atoms with E-state index in [1.165, 1.54) is 25.7 Å². The van der Waals surface area contributed by atoms with Gasteiger partial charge in [0.1, 0.15) is 0 Å². The first-order valence-electron chi connectivity index (χ1n) is 3.84. The van der Waals surface area contributed by atoms with Crippen molar-refractivity contribution in [1.29, 1.82) is 0 Å². The topological polar surface area (TPSA) is 9.23 Å². The Kier molecular flexibility index (Phi) is 9.86. The molecule has 0 aliphatic rings. The van der Waals surface area contributed by atoms with Gasteiger partial charge < -0.3 is 4.74 Å². The maximum atomic E-state index is 5.09. The van der Waals surface area contributed by atoms with Gasteiger partial charge in [-0.15, -0.1) is 0 Å². The van der Waals surface area contributed by atoms with Gasteiger partial charge in [-0.2, -0.15) is 0 Å². The van der Waals surface area contributed by atoms with Crippen LogP contribution in [0.25, 0.3) is 0 Å². The largest absolute Gasteiger partial charge is 0.381 e. The summed E-state index contributed by atoms with van der Waals surface area (Å²) in [6.07, 6.45) is 5.06. The Hall–Kier alpha value is 0.440. The Balaban J connectivity index is 2.65. The van der Waals surface area contributed by atoms with Crippen LogP contribution in [-0.2, 0) is 4.74 Å². The van der Waals surface area contributed by atoms with Gasteiger partial charge in [0.05, 0.1) is 0 Å². The summed E-state index contributed by atoms with van der Waals surface area (Å²) in [6.45, 7) is 5.08. The molecule has 0 amide bonds. The lowest BCUT2D eigenvalue weighted by atomic mass is 10.2. The highest BCUT2D eigenvalue weighted by Crippen LogP contribution is 2.01. The molecule has 0 aliphatic heterocycles. The van der Waals surface area contributed by atoms with Crippen LogP contribution in [0.4, 0.5) is 0 Å². The van der Waals surface area contributed by atoms with Crippen molar-refractivity contribution in [2.24, 2.45) is 0 Å². The summed E-state index contributed by atoms with van der Waals surface area (Å²) >= 11 is 3.39. The lowest BCUT2D eigenvalue weighted by Crippen LogP contribution is -1.93. The van der Waals surface area contributed by atoms with Crippen LogP contribution < -0.4 is 0 Å². The van der Waals surface area contributed by atoms with E-state index in [1.807, 2.05) is 0 Å². The van der Waals surface area contributed by atoms with E-state index in [2.05, 4.69) is 22.9 Å². The summed E-state index contributed by atoms with van der Waals surface area (Å²) in [5, 5.41) is 1.13. The summed E-state index contributed by atoms with van der Waals surface area (Å²) in [6, 6.07) is 0. The van der Waals surface area contributed by atoms with Gasteiger partial charge in [-0.1, -0.05) is 28.8 Å². The molecule has 61 valence electrons. The molecule has 0 bridgehead atoms. The van der Waals surface area contributed by atoms with Gasteiger partial charge in [0.15, 0.2) is 0 Å². The van der Waals surface area contributed by atoms with E-state index in [-0.39, 0.29) is 0 Å². The second-order valence-corrected chi connectivity index (χ2v) is 3.01. The van der Waals surface area contributed by atoms with Crippen LogP contribution in [0.1, 0.15) is 25.7 Å². The van der Waals surface area contributed by atoms with Crippen LogP contribution >= 0.6 is 15.9 Å². The third kappa shape index (κ3) is 8.44. The smallest absolute Gasteiger partial charge is 0.0466 e. The fraction of sp³-hybridized carbons (Fsp3) is 0.875. The van der Waals surface area contributed by atoms with E-state index in [0.29, 0.717) is 6.61 Å². The van der Waals surface area contributed by atoms with Crippen LogP contribution in [0.3, 0.4) is 0 Å². The number of unbranched alkanes of at least 4 members (excludes halogenated alkanes) is 3. The minimum atomic E-state index is 0.610. The highest BCUT2D eigenvalue weighted by molar-refractivity contribution is 9.09. The van der Waals surface area contributed by atoms with E-state index < -0.39 is 0 Å². The van der Waals surface area contributed by atoms with E-state index in [4.69, 9.17) is 4.74 Å². The fourth-order valence-electron chi connectivity index (χ4n) is 0.754. The zero-order chi connectivity index (χ0) is 7.66. The molecule has 10 heavy (non-hydrogen) atoms. The second kappa shape index (κ2) is 9.44. The predicted octanol–water partition coefficient (Wildman–Crippen LogP) is 2.79. The van der Waals surface area contributed by atoms with E-state index >= 15 is 0 Å². The lowest BCUT2D eigenvalue weighted by molar-refractivity contribution is 0.156. The van der Waals surface area contributed by atoms with Crippen molar-refractivity contribution in [1.82, 2.24) is 0 Å². The number of alkyl halides is 1. The standard InChI is InChI=1S/C8H16BrO/c1-2-10-8-6-4-3-5-7-9/h1-8H2. The van der Waals surface area contributed by atoms with Crippen LogP contribution in [0, 0.1) is 6.92 Å². The molecule has 0 saturated carbocycles. The molecule has 0 unspecified atom stereocenters. The number of hydrogen-bond donors (Lipinski definition) is 0. The predicted molar refractivity (Wildman–Crippen MR) is 48.4 cm³/mol. The molecule has 1 nitrogen and oxygen atoms in total. The molecule has 0 N–H and O–H groups in total. The average Bonchev–Trinajstić information content (AvgIpc) is 1.97. The third-order valence-corrected chi connectivity index (χ3v) is 1.88. The Morgan fingerprint density at radius 2 is 1.80 bits per heavy atom. The van der Waals surface area contributed by atoms with Crippen molar-refractivity contribution in [3.8, 4) is 0 Å². The molecule has 0 fully saturated rings. The normalized spacial score (nSPS) is 10.2. The van der Waals surface area contributed by atoms with Gasteiger partial charge in [0.2, 0.25) is 0 Å². The van der Waals surface area contributed by atoms with Crippen molar-refractivity contribution in [3.05, 3.63) is 6.92 Å².